The molecule has 1 aliphatic rings. The van der Waals surface area contributed by atoms with Gasteiger partial charge in [0.2, 0.25) is 0 Å². The van der Waals surface area contributed by atoms with Crippen molar-refractivity contribution in [2.45, 2.75) is 45.3 Å². The van der Waals surface area contributed by atoms with Crippen molar-refractivity contribution < 1.29 is 5.11 Å². The molecule has 1 unspecified atom stereocenters. The molecule has 1 saturated carbocycles. The minimum atomic E-state index is -0.254. The first-order valence-corrected chi connectivity index (χ1v) is 4.55. The van der Waals surface area contributed by atoms with E-state index in [1.807, 2.05) is 0 Å². The average molecular weight is 157 g/mol. The van der Waals surface area contributed by atoms with Gasteiger partial charge in [-0.25, -0.2) is 0 Å². The molecule has 0 aromatic rings. The van der Waals surface area contributed by atoms with Crippen molar-refractivity contribution in [1.29, 1.82) is 0 Å². The molecular weight excluding hydrogens is 138 g/mol. The van der Waals surface area contributed by atoms with Crippen molar-refractivity contribution in [1.82, 2.24) is 0 Å². The molecule has 0 spiro atoms. The normalized spacial score (nSPS) is 39.5. The number of aliphatic hydroxyl groups is 1. The van der Waals surface area contributed by atoms with Gasteiger partial charge in [-0.1, -0.05) is 13.8 Å². The van der Waals surface area contributed by atoms with Gasteiger partial charge >= 0.3 is 0 Å². The monoisotopic (exact) mass is 157 g/mol. The fraction of sp³-hybridized carbons (Fsp3) is 1.00. The molecule has 66 valence electrons. The van der Waals surface area contributed by atoms with Crippen LogP contribution in [-0.2, 0) is 0 Å². The predicted octanol–water partition coefficient (Wildman–Crippen LogP) is 1.13. The Hall–Kier alpha value is -0.0800. The highest BCUT2D eigenvalue weighted by atomic mass is 16.3. The fourth-order valence-corrected chi connectivity index (χ4v) is 1.81. The summed E-state index contributed by atoms with van der Waals surface area (Å²) in [7, 11) is 0. The zero-order valence-corrected chi connectivity index (χ0v) is 7.46. The van der Waals surface area contributed by atoms with Gasteiger partial charge in [-0.3, -0.25) is 0 Å². The molecule has 11 heavy (non-hydrogen) atoms. The van der Waals surface area contributed by atoms with E-state index in [9.17, 15) is 5.11 Å². The Bertz CT molecular complexity index is 125. The highest BCUT2D eigenvalue weighted by molar-refractivity contribution is 4.82. The van der Waals surface area contributed by atoms with Gasteiger partial charge in [-0.2, -0.15) is 0 Å². The average Bonchev–Trinajstić information content (AvgIpc) is 1.94. The second-order valence-electron chi connectivity index (χ2n) is 4.05. The van der Waals surface area contributed by atoms with Gasteiger partial charge in [0.05, 0.1) is 6.10 Å². The van der Waals surface area contributed by atoms with Crippen molar-refractivity contribution >= 4 is 0 Å². The third-order valence-electron chi connectivity index (χ3n) is 2.85. The quantitative estimate of drug-likeness (QED) is 0.599. The van der Waals surface area contributed by atoms with E-state index in [1.54, 1.807) is 0 Å². The van der Waals surface area contributed by atoms with Crippen LogP contribution in [0.3, 0.4) is 0 Å². The molecule has 0 aliphatic heterocycles. The Kier molecular flexibility index (Phi) is 2.90. The summed E-state index contributed by atoms with van der Waals surface area (Å²) in [6.45, 7) is 4.43. The van der Waals surface area contributed by atoms with Crippen LogP contribution in [0.2, 0.25) is 0 Å². The van der Waals surface area contributed by atoms with Crippen molar-refractivity contribution in [3.63, 3.8) is 0 Å². The summed E-state index contributed by atoms with van der Waals surface area (Å²) >= 11 is 0. The lowest BCUT2D eigenvalue weighted by molar-refractivity contribution is 0.0671. The molecule has 3 N–H and O–H groups in total. The fourth-order valence-electron chi connectivity index (χ4n) is 1.81. The molecule has 2 heteroatoms. The molecule has 0 saturated heterocycles. The minimum absolute atomic E-state index is 0.0324. The molecule has 0 amide bonds. The maximum absolute atomic E-state index is 9.47. The molecule has 0 aromatic heterocycles. The van der Waals surface area contributed by atoms with E-state index < -0.39 is 0 Å². The first kappa shape index (κ1) is 9.01. The first-order chi connectivity index (χ1) is 5.11. The summed E-state index contributed by atoms with van der Waals surface area (Å²) in [5, 5.41) is 9.47. The van der Waals surface area contributed by atoms with E-state index in [1.165, 1.54) is 6.42 Å². The van der Waals surface area contributed by atoms with Crippen molar-refractivity contribution in [3.8, 4) is 0 Å². The van der Waals surface area contributed by atoms with Crippen LogP contribution >= 0.6 is 0 Å². The van der Waals surface area contributed by atoms with Crippen molar-refractivity contribution in [2.75, 3.05) is 0 Å². The highest BCUT2D eigenvalue weighted by Gasteiger charge is 2.27. The largest absolute Gasteiger partial charge is 0.392 e. The van der Waals surface area contributed by atoms with Gasteiger partial charge in [-0.05, 0) is 31.1 Å². The molecule has 0 bridgehead atoms. The summed E-state index contributed by atoms with van der Waals surface area (Å²) in [6.07, 6.45) is 2.83. The second kappa shape index (κ2) is 3.55. The smallest absolute Gasteiger partial charge is 0.0693 e. The van der Waals surface area contributed by atoms with E-state index in [-0.39, 0.29) is 12.1 Å². The van der Waals surface area contributed by atoms with E-state index in [4.69, 9.17) is 5.73 Å². The van der Waals surface area contributed by atoms with Gasteiger partial charge in [-0.15, -0.1) is 0 Å². The van der Waals surface area contributed by atoms with Crippen LogP contribution in [0, 0.1) is 11.8 Å². The van der Waals surface area contributed by atoms with Gasteiger partial charge in [0.1, 0.15) is 0 Å². The van der Waals surface area contributed by atoms with Crippen LogP contribution < -0.4 is 5.73 Å². The molecule has 1 rings (SSSR count). The number of aliphatic hydroxyl groups excluding tert-OH is 1. The van der Waals surface area contributed by atoms with Crippen LogP contribution in [0.5, 0.6) is 0 Å². The van der Waals surface area contributed by atoms with Gasteiger partial charge < -0.3 is 10.8 Å². The Morgan fingerprint density at radius 3 is 2.45 bits per heavy atom. The third-order valence-corrected chi connectivity index (χ3v) is 2.85. The van der Waals surface area contributed by atoms with Crippen LogP contribution in [0.1, 0.15) is 33.1 Å². The third kappa shape index (κ3) is 2.17. The van der Waals surface area contributed by atoms with Crippen LogP contribution in [0.4, 0.5) is 0 Å². The topological polar surface area (TPSA) is 46.2 Å². The van der Waals surface area contributed by atoms with E-state index in [0.29, 0.717) is 11.8 Å². The van der Waals surface area contributed by atoms with Crippen molar-refractivity contribution in [3.05, 3.63) is 0 Å². The molecule has 0 radical (unpaired) electrons. The van der Waals surface area contributed by atoms with E-state index in [0.717, 1.165) is 12.8 Å². The zero-order chi connectivity index (χ0) is 8.43. The maximum atomic E-state index is 9.47. The van der Waals surface area contributed by atoms with Gasteiger partial charge in [0, 0.05) is 6.04 Å². The van der Waals surface area contributed by atoms with Crippen LogP contribution in [-0.4, -0.2) is 17.3 Å². The standard InChI is InChI=1S/C9H19NO/c1-6(2)7-3-4-8(10)9(11)5-7/h6-9,11H,3-5,10H2,1-2H3/t7-,8+,9?/m0/s1. The Morgan fingerprint density at radius 2 is 2.00 bits per heavy atom. The lowest BCUT2D eigenvalue weighted by Gasteiger charge is -2.32. The number of hydrogen-bond donors (Lipinski definition) is 2. The summed E-state index contributed by atoms with van der Waals surface area (Å²) in [5.41, 5.74) is 5.69. The molecule has 0 heterocycles. The zero-order valence-electron chi connectivity index (χ0n) is 7.46. The van der Waals surface area contributed by atoms with Gasteiger partial charge in [0.15, 0.2) is 0 Å². The summed E-state index contributed by atoms with van der Waals surface area (Å²) in [5.74, 6) is 1.38. The lowest BCUT2D eigenvalue weighted by atomic mass is 9.78. The predicted molar refractivity (Wildman–Crippen MR) is 46.2 cm³/mol. The molecule has 0 aromatic carbocycles. The lowest BCUT2D eigenvalue weighted by Crippen LogP contribution is -2.41. The maximum Gasteiger partial charge on any atom is 0.0693 e. The minimum Gasteiger partial charge on any atom is -0.392 e. The van der Waals surface area contributed by atoms with Crippen molar-refractivity contribution in [2.24, 2.45) is 17.6 Å². The number of rotatable bonds is 1. The van der Waals surface area contributed by atoms with Gasteiger partial charge in [0.25, 0.3) is 0 Å². The Balaban J connectivity index is 2.40. The second-order valence-corrected chi connectivity index (χ2v) is 4.05. The Labute approximate surface area is 68.8 Å². The molecule has 1 fully saturated rings. The summed E-state index contributed by atoms with van der Waals surface area (Å²) in [4.78, 5) is 0. The number of nitrogens with two attached hydrogens (primary N) is 1. The van der Waals surface area contributed by atoms with Crippen LogP contribution in [0.15, 0.2) is 0 Å². The molecule has 2 nitrogen and oxygen atoms in total. The SMILES string of the molecule is CC(C)[C@H]1CC[C@@H](N)C(O)C1. The highest BCUT2D eigenvalue weighted by Crippen LogP contribution is 2.29. The first-order valence-electron chi connectivity index (χ1n) is 4.55. The van der Waals surface area contributed by atoms with Crippen LogP contribution in [0.25, 0.3) is 0 Å². The molecule has 1 aliphatic carbocycles. The molecular formula is C9H19NO. The summed E-state index contributed by atoms with van der Waals surface area (Å²) in [6, 6.07) is 0.0324. The van der Waals surface area contributed by atoms with E-state index in [2.05, 4.69) is 13.8 Å². The number of hydrogen-bond acceptors (Lipinski definition) is 2. The van der Waals surface area contributed by atoms with E-state index >= 15 is 0 Å². The molecule has 3 atom stereocenters. The summed E-state index contributed by atoms with van der Waals surface area (Å²) < 4.78 is 0. The Morgan fingerprint density at radius 1 is 1.36 bits per heavy atom.